The number of unbranched alkanes of at least 4 members (excludes halogenated alkanes) is 10. The molecular weight excluding hydrogens is 362 g/mol. The zero-order valence-electron chi connectivity index (χ0n) is 18.9. The first-order valence-electron chi connectivity index (χ1n) is 11.6. The number of aliphatic imine (C=N–C) groups is 1. The van der Waals surface area contributed by atoms with Crippen LogP contribution in [0.25, 0.3) is 0 Å². The first-order valence-corrected chi connectivity index (χ1v) is 11.6. The van der Waals surface area contributed by atoms with Crippen LogP contribution in [0.15, 0.2) is 29.3 Å². The maximum absolute atomic E-state index is 12.6. The highest BCUT2D eigenvalue weighted by atomic mass is 16.5. The molecule has 29 heavy (non-hydrogen) atoms. The highest BCUT2D eigenvalue weighted by Gasteiger charge is 2.17. The second kappa shape index (κ2) is 17.1. The van der Waals surface area contributed by atoms with Gasteiger partial charge in [-0.2, -0.15) is 0 Å². The van der Waals surface area contributed by atoms with Crippen molar-refractivity contribution in [3.63, 3.8) is 0 Å². The molecule has 1 rings (SSSR count). The molecule has 0 radical (unpaired) electrons. The van der Waals surface area contributed by atoms with Gasteiger partial charge < -0.3 is 9.47 Å². The molecule has 0 saturated heterocycles. The predicted molar refractivity (Wildman–Crippen MR) is 122 cm³/mol. The Morgan fingerprint density at radius 3 is 1.76 bits per heavy atom. The molecule has 0 aliphatic heterocycles. The maximum atomic E-state index is 12.6. The molecule has 0 aromatic heterocycles. The average molecular weight is 404 g/mol. The van der Waals surface area contributed by atoms with E-state index < -0.39 is 0 Å². The molecule has 164 valence electrons. The van der Waals surface area contributed by atoms with E-state index in [4.69, 9.17) is 9.47 Å². The molecule has 0 saturated carbocycles. The van der Waals surface area contributed by atoms with E-state index in [1.807, 2.05) is 18.2 Å². The Kier molecular flexibility index (Phi) is 14.8. The van der Waals surface area contributed by atoms with Gasteiger partial charge in [0.2, 0.25) is 5.90 Å². The molecule has 4 nitrogen and oxygen atoms in total. The number of benzene rings is 1. The fraction of sp³-hybridized carbons (Fsp3) is 0.680. The molecule has 4 heteroatoms. The Bertz CT molecular complexity index is 583. The third kappa shape index (κ3) is 11.1. The van der Waals surface area contributed by atoms with Crippen molar-refractivity contribution in [2.75, 3.05) is 20.3 Å². The molecule has 0 heterocycles. The smallest absolute Gasteiger partial charge is 0.338 e. The molecule has 0 atom stereocenters. The molecule has 0 aliphatic rings. The van der Waals surface area contributed by atoms with Crippen molar-refractivity contribution in [1.29, 1.82) is 0 Å². The molecule has 0 N–H and O–H groups in total. The molecule has 0 bridgehead atoms. The van der Waals surface area contributed by atoms with Gasteiger partial charge in [-0.3, -0.25) is 4.99 Å². The highest BCUT2D eigenvalue weighted by Crippen LogP contribution is 2.14. The summed E-state index contributed by atoms with van der Waals surface area (Å²) in [4.78, 5) is 16.8. The zero-order valence-corrected chi connectivity index (χ0v) is 18.9. The van der Waals surface area contributed by atoms with Crippen LogP contribution >= 0.6 is 0 Å². The number of nitrogens with zero attached hydrogens (tertiary/aromatic N) is 1. The van der Waals surface area contributed by atoms with Crippen LogP contribution in [0.2, 0.25) is 0 Å². The van der Waals surface area contributed by atoms with Crippen LogP contribution in [0.4, 0.5) is 0 Å². The summed E-state index contributed by atoms with van der Waals surface area (Å²) in [6, 6.07) is 7.42. The third-order valence-corrected chi connectivity index (χ3v) is 5.05. The van der Waals surface area contributed by atoms with Crippen LogP contribution in [0.1, 0.15) is 107 Å². The first kappa shape index (κ1) is 25.2. The first-order chi connectivity index (χ1) is 14.2. The van der Waals surface area contributed by atoms with E-state index >= 15 is 0 Å². The molecule has 0 aliphatic carbocycles. The number of hydrogen-bond acceptors (Lipinski definition) is 4. The summed E-state index contributed by atoms with van der Waals surface area (Å²) in [6.45, 7) is 5.53. The van der Waals surface area contributed by atoms with Gasteiger partial charge in [0.15, 0.2) is 0 Å². The van der Waals surface area contributed by atoms with Gasteiger partial charge in [0.1, 0.15) is 0 Å². The Balaban J connectivity index is 2.46. The van der Waals surface area contributed by atoms with E-state index in [1.165, 1.54) is 57.8 Å². The minimum absolute atomic E-state index is 0.293. The Labute approximate surface area is 178 Å². The van der Waals surface area contributed by atoms with E-state index in [0.29, 0.717) is 30.2 Å². The predicted octanol–water partition coefficient (Wildman–Crippen LogP) is 6.96. The summed E-state index contributed by atoms with van der Waals surface area (Å²) in [5.74, 6) is 0.226. The van der Waals surface area contributed by atoms with E-state index in [1.54, 1.807) is 13.1 Å². The summed E-state index contributed by atoms with van der Waals surface area (Å²) in [6.07, 6.45) is 14.3. The van der Waals surface area contributed by atoms with E-state index in [2.05, 4.69) is 18.8 Å². The van der Waals surface area contributed by atoms with Crippen LogP contribution in [0.5, 0.6) is 0 Å². The minimum atomic E-state index is -0.293. The number of rotatable bonds is 16. The molecule has 1 aromatic rings. The van der Waals surface area contributed by atoms with Gasteiger partial charge in [-0.25, -0.2) is 4.79 Å². The standard InChI is InChI=1S/C25H41NO3/c1-4-6-8-10-12-16-20-28-24(26-3)22-18-14-15-19-23(22)25(27)29-21-17-13-11-9-7-5-2/h14-15,18-19H,4-13,16-17,20-21H2,1-3H3. The summed E-state index contributed by atoms with van der Waals surface area (Å²) < 4.78 is 11.4. The number of carbonyl (C=O) groups is 1. The van der Waals surface area contributed by atoms with Gasteiger partial charge in [-0.05, 0) is 25.0 Å². The van der Waals surface area contributed by atoms with Crippen molar-refractivity contribution in [2.45, 2.75) is 90.9 Å². The average Bonchev–Trinajstić information content (AvgIpc) is 2.75. The maximum Gasteiger partial charge on any atom is 0.338 e. The molecule has 1 aromatic carbocycles. The van der Waals surface area contributed by atoms with Crippen molar-refractivity contribution in [3.05, 3.63) is 35.4 Å². The number of esters is 1. The fourth-order valence-corrected chi connectivity index (χ4v) is 3.29. The molecule has 0 fully saturated rings. The second-order valence-electron chi connectivity index (χ2n) is 7.59. The summed E-state index contributed by atoms with van der Waals surface area (Å²) in [7, 11) is 1.70. The monoisotopic (exact) mass is 403 g/mol. The summed E-state index contributed by atoms with van der Waals surface area (Å²) >= 11 is 0. The Hall–Kier alpha value is -1.84. The van der Waals surface area contributed by atoms with Crippen LogP contribution in [-0.2, 0) is 9.47 Å². The number of carbonyl (C=O) groups excluding carboxylic acids is 1. The zero-order chi connectivity index (χ0) is 21.2. The third-order valence-electron chi connectivity index (χ3n) is 5.05. The van der Waals surface area contributed by atoms with Crippen LogP contribution < -0.4 is 0 Å². The van der Waals surface area contributed by atoms with Gasteiger partial charge in [-0.1, -0.05) is 90.2 Å². The second-order valence-corrected chi connectivity index (χ2v) is 7.59. The van der Waals surface area contributed by atoms with Gasteiger partial charge in [-0.15, -0.1) is 0 Å². The lowest BCUT2D eigenvalue weighted by molar-refractivity contribution is 0.0497. The van der Waals surface area contributed by atoms with Crippen LogP contribution in [0, 0.1) is 0 Å². The van der Waals surface area contributed by atoms with Crippen molar-refractivity contribution in [3.8, 4) is 0 Å². The topological polar surface area (TPSA) is 47.9 Å². The van der Waals surface area contributed by atoms with E-state index in [0.717, 1.165) is 19.3 Å². The van der Waals surface area contributed by atoms with Crippen molar-refractivity contribution in [2.24, 2.45) is 4.99 Å². The quantitative estimate of drug-likeness (QED) is 0.130. The van der Waals surface area contributed by atoms with Gasteiger partial charge in [0.25, 0.3) is 0 Å². The molecule has 0 spiro atoms. The largest absolute Gasteiger partial charge is 0.477 e. The van der Waals surface area contributed by atoms with Gasteiger partial charge in [0.05, 0.1) is 24.3 Å². The van der Waals surface area contributed by atoms with E-state index in [-0.39, 0.29) is 5.97 Å². The van der Waals surface area contributed by atoms with Gasteiger partial charge in [0, 0.05) is 7.05 Å². The lowest BCUT2D eigenvalue weighted by Crippen LogP contribution is -2.15. The van der Waals surface area contributed by atoms with Crippen molar-refractivity contribution >= 4 is 11.9 Å². The lowest BCUT2D eigenvalue weighted by Gasteiger charge is -2.13. The highest BCUT2D eigenvalue weighted by molar-refractivity contribution is 6.05. The Morgan fingerprint density at radius 1 is 0.724 bits per heavy atom. The van der Waals surface area contributed by atoms with Crippen LogP contribution in [0.3, 0.4) is 0 Å². The van der Waals surface area contributed by atoms with Gasteiger partial charge >= 0.3 is 5.97 Å². The fourth-order valence-electron chi connectivity index (χ4n) is 3.29. The number of hydrogen-bond donors (Lipinski definition) is 0. The molecule has 0 amide bonds. The minimum Gasteiger partial charge on any atom is -0.477 e. The molecule has 0 unspecified atom stereocenters. The normalized spacial score (nSPS) is 11.5. The molecular formula is C25H41NO3. The van der Waals surface area contributed by atoms with Crippen molar-refractivity contribution < 1.29 is 14.3 Å². The SMILES string of the molecule is CCCCCCCCOC(=O)c1ccccc1C(=NC)OCCCCCCCC. The lowest BCUT2D eigenvalue weighted by atomic mass is 10.1. The van der Waals surface area contributed by atoms with Crippen molar-refractivity contribution in [1.82, 2.24) is 0 Å². The summed E-state index contributed by atoms with van der Waals surface area (Å²) in [5.41, 5.74) is 1.25. The van der Waals surface area contributed by atoms with Crippen LogP contribution in [-0.4, -0.2) is 32.1 Å². The summed E-state index contributed by atoms with van der Waals surface area (Å²) in [5, 5.41) is 0. The Morgan fingerprint density at radius 2 is 1.21 bits per heavy atom. The van der Waals surface area contributed by atoms with E-state index in [9.17, 15) is 4.79 Å². The number of ether oxygens (including phenoxy) is 2.